The van der Waals surface area contributed by atoms with Gasteiger partial charge in [0.15, 0.2) is 0 Å². The van der Waals surface area contributed by atoms with E-state index >= 15 is 0 Å². The van der Waals surface area contributed by atoms with Gasteiger partial charge < -0.3 is 10.4 Å². The minimum absolute atomic E-state index is 0.0326. The van der Waals surface area contributed by atoms with Crippen molar-refractivity contribution in [3.63, 3.8) is 0 Å². The number of anilines is 1. The van der Waals surface area contributed by atoms with Gasteiger partial charge in [-0.2, -0.15) is 5.10 Å². The molecule has 0 unspecified atom stereocenters. The molecule has 0 radical (unpaired) electrons. The van der Waals surface area contributed by atoms with Crippen LogP contribution in [0.15, 0.2) is 30.3 Å². The van der Waals surface area contributed by atoms with Crippen LogP contribution in [0.3, 0.4) is 0 Å². The van der Waals surface area contributed by atoms with Gasteiger partial charge in [0.25, 0.3) is 5.91 Å². The Kier molecular flexibility index (Phi) is 3.84. The van der Waals surface area contributed by atoms with E-state index in [1.54, 1.807) is 37.4 Å². The Labute approximate surface area is 116 Å². The summed E-state index contributed by atoms with van der Waals surface area (Å²) in [6, 6.07) is 8.42. The lowest BCUT2D eigenvalue weighted by molar-refractivity contribution is -0.136. The summed E-state index contributed by atoms with van der Waals surface area (Å²) in [7, 11) is 1.71. The standard InChI is InChI=1S/C14H15N3O3/c1-9-7-12(17(2)16-9)14(20)15-11-5-3-10(4-6-11)8-13(18)19/h3-7H,8H2,1-2H3,(H,15,20)(H,18,19). The lowest BCUT2D eigenvalue weighted by Crippen LogP contribution is -2.16. The molecule has 0 spiro atoms. The van der Waals surface area contributed by atoms with Crippen LogP contribution in [0.25, 0.3) is 0 Å². The Hall–Kier alpha value is -2.63. The number of aliphatic carboxylic acids is 1. The summed E-state index contributed by atoms with van der Waals surface area (Å²) < 4.78 is 1.52. The molecule has 1 heterocycles. The van der Waals surface area contributed by atoms with Crippen molar-refractivity contribution in [2.75, 3.05) is 5.32 Å². The van der Waals surface area contributed by atoms with Gasteiger partial charge in [-0.25, -0.2) is 0 Å². The summed E-state index contributed by atoms with van der Waals surface area (Å²) in [4.78, 5) is 22.6. The van der Waals surface area contributed by atoms with E-state index in [2.05, 4.69) is 10.4 Å². The minimum atomic E-state index is -0.882. The third-order valence-corrected chi connectivity index (χ3v) is 2.80. The van der Waals surface area contributed by atoms with Crippen molar-refractivity contribution in [1.82, 2.24) is 9.78 Å². The van der Waals surface area contributed by atoms with E-state index in [-0.39, 0.29) is 12.3 Å². The van der Waals surface area contributed by atoms with E-state index in [1.165, 1.54) is 4.68 Å². The van der Waals surface area contributed by atoms with Crippen molar-refractivity contribution in [1.29, 1.82) is 0 Å². The Morgan fingerprint density at radius 3 is 2.45 bits per heavy atom. The quantitative estimate of drug-likeness (QED) is 0.886. The number of aromatic nitrogens is 2. The molecule has 0 aliphatic rings. The molecule has 0 aliphatic heterocycles. The van der Waals surface area contributed by atoms with Crippen LogP contribution < -0.4 is 5.32 Å². The van der Waals surface area contributed by atoms with Crippen LogP contribution in [0.1, 0.15) is 21.7 Å². The molecule has 2 rings (SSSR count). The molecule has 6 heteroatoms. The number of hydrogen-bond acceptors (Lipinski definition) is 3. The van der Waals surface area contributed by atoms with Crippen molar-refractivity contribution < 1.29 is 14.7 Å². The first-order chi connectivity index (χ1) is 9.45. The average molecular weight is 273 g/mol. The maximum absolute atomic E-state index is 12.0. The lowest BCUT2D eigenvalue weighted by atomic mass is 10.1. The Balaban J connectivity index is 2.08. The van der Waals surface area contributed by atoms with E-state index < -0.39 is 5.97 Å². The van der Waals surface area contributed by atoms with Crippen LogP contribution >= 0.6 is 0 Å². The maximum Gasteiger partial charge on any atom is 0.307 e. The first-order valence-corrected chi connectivity index (χ1v) is 6.08. The summed E-state index contributed by atoms with van der Waals surface area (Å²) >= 11 is 0. The van der Waals surface area contributed by atoms with Gasteiger partial charge in [-0.1, -0.05) is 12.1 Å². The van der Waals surface area contributed by atoms with Gasteiger partial charge in [0, 0.05) is 12.7 Å². The molecular formula is C14H15N3O3. The number of benzene rings is 1. The lowest BCUT2D eigenvalue weighted by Gasteiger charge is -2.06. The van der Waals surface area contributed by atoms with Crippen molar-refractivity contribution in [3.05, 3.63) is 47.3 Å². The molecule has 0 bridgehead atoms. The first kappa shape index (κ1) is 13.8. The van der Waals surface area contributed by atoms with Crippen LogP contribution in [0.4, 0.5) is 5.69 Å². The maximum atomic E-state index is 12.0. The van der Waals surface area contributed by atoms with Gasteiger partial charge in [-0.3, -0.25) is 14.3 Å². The summed E-state index contributed by atoms with van der Waals surface area (Å²) in [5.41, 5.74) is 2.54. The largest absolute Gasteiger partial charge is 0.481 e. The zero-order valence-corrected chi connectivity index (χ0v) is 11.3. The van der Waals surface area contributed by atoms with Gasteiger partial charge >= 0.3 is 5.97 Å². The smallest absolute Gasteiger partial charge is 0.307 e. The van der Waals surface area contributed by atoms with Gasteiger partial charge in [-0.05, 0) is 30.7 Å². The Bertz CT molecular complexity index is 644. The van der Waals surface area contributed by atoms with Crippen LogP contribution in [-0.4, -0.2) is 26.8 Å². The minimum Gasteiger partial charge on any atom is -0.481 e. The topological polar surface area (TPSA) is 84.2 Å². The molecule has 0 aliphatic carbocycles. The number of amides is 1. The fraction of sp³-hybridized carbons (Fsp3) is 0.214. The van der Waals surface area contributed by atoms with E-state index in [1.807, 2.05) is 6.92 Å². The van der Waals surface area contributed by atoms with Gasteiger partial charge in [0.1, 0.15) is 5.69 Å². The number of rotatable bonds is 4. The predicted molar refractivity (Wildman–Crippen MR) is 73.7 cm³/mol. The van der Waals surface area contributed by atoms with Crippen LogP contribution in [0.5, 0.6) is 0 Å². The molecule has 0 saturated heterocycles. The molecule has 0 atom stereocenters. The second-order valence-electron chi connectivity index (χ2n) is 4.52. The van der Waals surface area contributed by atoms with E-state index in [9.17, 15) is 9.59 Å². The highest BCUT2D eigenvalue weighted by Crippen LogP contribution is 2.12. The van der Waals surface area contributed by atoms with Crippen LogP contribution in [0, 0.1) is 6.92 Å². The van der Waals surface area contributed by atoms with Crippen LogP contribution in [0.2, 0.25) is 0 Å². The van der Waals surface area contributed by atoms with Crippen molar-refractivity contribution in [3.8, 4) is 0 Å². The van der Waals surface area contributed by atoms with Gasteiger partial charge in [-0.15, -0.1) is 0 Å². The number of carboxylic acid groups (broad SMARTS) is 1. The van der Waals surface area contributed by atoms with Crippen molar-refractivity contribution in [2.45, 2.75) is 13.3 Å². The molecule has 0 fully saturated rings. The number of hydrogen-bond donors (Lipinski definition) is 2. The molecule has 1 aromatic carbocycles. The molecule has 2 aromatic rings. The Morgan fingerprint density at radius 1 is 1.30 bits per heavy atom. The van der Waals surface area contributed by atoms with Gasteiger partial charge in [0.2, 0.25) is 0 Å². The first-order valence-electron chi connectivity index (χ1n) is 6.08. The number of nitrogens with zero attached hydrogens (tertiary/aromatic N) is 2. The molecule has 1 aromatic heterocycles. The summed E-state index contributed by atoms with van der Waals surface area (Å²) in [6.07, 6.45) is -0.0326. The normalized spacial score (nSPS) is 10.3. The second kappa shape index (κ2) is 5.56. The highest BCUT2D eigenvalue weighted by atomic mass is 16.4. The molecule has 2 N–H and O–H groups in total. The third-order valence-electron chi connectivity index (χ3n) is 2.80. The number of carbonyl (C=O) groups is 2. The molecule has 20 heavy (non-hydrogen) atoms. The molecule has 1 amide bonds. The van der Waals surface area contributed by atoms with Crippen molar-refractivity contribution >= 4 is 17.6 Å². The average Bonchev–Trinajstić information content (AvgIpc) is 2.70. The molecule has 104 valence electrons. The van der Waals surface area contributed by atoms with E-state index in [0.717, 1.165) is 5.69 Å². The third kappa shape index (κ3) is 3.23. The zero-order chi connectivity index (χ0) is 14.7. The predicted octanol–water partition coefficient (Wildman–Crippen LogP) is 1.61. The molecule has 0 saturated carbocycles. The molecular weight excluding hydrogens is 258 g/mol. The zero-order valence-electron chi connectivity index (χ0n) is 11.3. The second-order valence-corrected chi connectivity index (χ2v) is 4.52. The monoisotopic (exact) mass is 273 g/mol. The summed E-state index contributed by atoms with van der Waals surface area (Å²) in [5, 5.41) is 15.5. The number of carbonyl (C=O) groups excluding carboxylic acids is 1. The highest BCUT2D eigenvalue weighted by molar-refractivity contribution is 6.03. The van der Waals surface area contributed by atoms with E-state index in [0.29, 0.717) is 16.9 Å². The van der Waals surface area contributed by atoms with E-state index in [4.69, 9.17) is 5.11 Å². The number of carboxylic acids is 1. The van der Waals surface area contributed by atoms with Crippen LogP contribution in [-0.2, 0) is 18.3 Å². The fourth-order valence-corrected chi connectivity index (χ4v) is 1.90. The summed E-state index contributed by atoms with van der Waals surface area (Å²) in [6.45, 7) is 1.82. The Morgan fingerprint density at radius 2 is 1.95 bits per heavy atom. The summed E-state index contributed by atoms with van der Waals surface area (Å²) in [5.74, 6) is -1.13. The highest BCUT2D eigenvalue weighted by Gasteiger charge is 2.11. The fourth-order valence-electron chi connectivity index (χ4n) is 1.90. The number of aryl methyl sites for hydroxylation is 2. The number of nitrogens with one attached hydrogen (secondary N) is 1. The SMILES string of the molecule is Cc1cc(C(=O)Nc2ccc(CC(=O)O)cc2)n(C)n1. The molecule has 6 nitrogen and oxygen atoms in total. The van der Waals surface area contributed by atoms with Gasteiger partial charge in [0.05, 0.1) is 12.1 Å². The van der Waals surface area contributed by atoms with Crippen molar-refractivity contribution in [2.24, 2.45) is 7.05 Å².